The molecule has 2 aliphatic rings. The molecule has 1 saturated heterocycles. The minimum atomic E-state index is -2.49. The average Bonchev–Trinajstić information content (AvgIpc) is 3.35. The summed E-state index contributed by atoms with van der Waals surface area (Å²) in [6.45, 7) is -0.475. The first-order valence-electron chi connectivity index (χ1n) is 9.16. The topological polar surface area (TPSA) is 151 Å². The van der Waals surface area contributed by atoms with Gasteiger partial charge in [0.25, 0.3) is 0 Å². The molecule has 0 bridgehead atoms. The van der Waals surface area contributed by atoms with Gasteiger partial charge >= 0.3 is 5.97 Å². The molecule has 2 fully saturated rings. The SMILES string of the molecule is O=C(Oc1c(CO)[n-]c2ccccc12)C1OC(O)(C2(O)CCCC2)C(O)C1O. The van der Waals surface area contributed by atoms with Gasteiger partial charge in [0, 0.05) is 5.39 Å². The van der Waals surface area contributed by atoms with Crippen LogP contribution in [0.5, 0.6) is 5.75 Å². The lowest BCUT2D eigenvalue weighted by molar-refractivity contribution is -0.313. The normalized spacial score (nSPS) is 32.1. The fraction of sp³-hybridized carbons (Fsp3) is 0.526. The van der Waals surface area contributed by atoms with Gasteiger partial charge in [-0.1, -0.05) is 42.8 Å². The van der Waals surface area contributed by atoms with E-state index in [-0.39, 0.29) is 24.3 Å². The zero-order valence-corrected chi connectivity index (χ0v) is 15.0. The van der Waals surface area contributed by atoms with Crippen LogP contribution in [0, 0.1) is 0 Å². The van der Waals surface area contributed by atoms with Gasteiger partial charge < -0.3 is 40.0 Å². The Labute approximate surface area is 160 Å². The minimum absolute atomic E-state index is 0.0170. The zero-order chi connectivity index (χ0) is 20.1. The van der Waals surface area contributed by atoms with Crippen LogP contribution in [-0.2, 0) is 16.1 Å². The summed E-state index contributed by atoms with van der Waals surface area (Å²) in [4.78, 5) is 16.8. The number of carbonyl (C=O) groups excluding carboxylic acids is 1. The molecular formula is C19H22NO8-. The molecule has 2 heterocycles. The van der Waals surface area contributed by atoms with Gasteiger partial charge in [0.05, 0.1) is 6.61 Å². The van der Waals surface area contributed by atoms with E-state index in [1.807, 2.05) is 0 Å². The highest BCUT2D eigenvalue weighted by Gasteiger charge is 2.66. The molecule has 5 N–H and O–H groups in total. The van der Waals surface area contributed by atoms with Crippen LogP contribution in [0.3, 0.4) is 0 Å². The van der Waals surface area contributed by atoms with E-state index >= 15 is 0 Å². The van der Waals surface area contributed by atoms with Crippen molar-refractivity contribution in [2.24, 2.45) is 0 Å². The van der Waals surface area contributed by atoms with Gasteiger partial charge in [0.15, 0.2) is 6.10 Å². The summed E-state index contributed by atoms with van der Waals surface area (Å²) in [6, 6.07) is 6.79. The van der Waals surface area contributed by atoms with E-state index in [4.69, 9.17) is 9.47 Å². The third-order valence-corrected chi connectivity index (χ3v) is 5.69. The molecule has 9 heteroatoms. The average molecular weight is 392 g/mol. The Morgan fingerprint density at radius 2 is 1.89 bits per heavy atom. The quantitative estimate of drug-likeness (QED) is 0.426. The molecule has 0 amide bonds. The van der Waals surface area contributed by atoms with E-state index < -0.39 is 42.3 Å². The molecule has 152 valence electrons. The first-order chi connectivity index (χ1) is 13.3. The maximum absolute atomic E-state index is 12.7. The smallest absolute Gasteiger partial charge is 0.343 e. The van der Waals surface area contributed by atoms with Crippen molar-refractivity contribution < 1.29 is 39.8 Å². The molecule has 1 aliphatic carbocycles. The molecule has 1 aliphatic heterocycles. The zero-order valence-electron chi connectivity index (χ0n) is 15.0. The van der Waals surface area contributed by atoms with Crippen molar-refractivity contribution in [3.63, 3.8) is 0 Å². The Bertz CT molecular complexity index is 889. The standard InChI is InChI=1S/C19H22NO8/c21-9-12-14(10-5-1-2-6-11(10)20-12)27-17(24)15-13(22)16(23)19(26,28-15)18(25)7-3-4-8-18/h1-2,5-6,13,15-16,21-23,25-26H,3-4,7-9H2/q-1. The summed E-state index contributed by atoms with van der Waals surface area (Å²) in [5.74, 6) is -3.54. The molecule has 1 aromatic carbocycles. The second kappa shape index (κ2) is 6.80. The Balaban J connectivity index is 1.61. The van der Waals surface area contributed by atoms with Gasteiger partial charge in [0.2, 0.25) is 5.79 Å². The number of esters is 1. The fourth-order valence-corrected chi connectivity index (χ4v) is 4.12. The van der Waals surface area contributed by atoms with Gasteiger partial charge in [-0.05, 0) is 12.8 Å². The number of nitrogens with zero attached hydrogens (tertiary/aromatic N) is 1. The minimum Gasteiger partial charge on any atom is -0.656 e. The van der Waals surface area contributed by atoms with Gasteiger partial charge in [0.1, 0.15) is 23.6 Å². The second-order valence-electron chi connectivity index (χ2n) is 7.39. The number of fused-ring (bicyclic) bond motifs is 1. The number of rotatable bonds is 4. The molecule has 9 nitrogen and oxygen atoms in total. The van der Waals surface area contributed by atoms with Crippen molar-refractivity contribution >= 4 is 16.9 Å². The van der Waals surface area contributed by atoms with Crippen LogP contribution in [0.4, 0.5) is 0 Å². The summed E-state index contributed by atoms with van der Waals surface area (Å²) in [5, 5.41) is 52.0. The highest BCUT2D eigenvalue weighted by Crippen LogP contribution is 2.46. The Hall–Kier alpha value is -2.01. The van der Waals surface area contributed by atoms with Crippen molar-refractivity contribution in [2.75, 3.05) is 0 Å². The Kier molecular flexibility index (Phi) is 4.69. The van der Waals surface area contributed by atoms with Crippen molar-refractivity contribution in [1.29, 1.82) is 0 Å². The number of ether oxygens (including phenoxy) is 2. The van der Waals surface area contributed by atoms with Crippen molar-refractivity contribution in [1.82, 2.24) is 4.98 Å². The number of benzene rings is 1. The highest BCUT2D eigenvalue weighted by atomic mass is 16.7. The van der Waals surface area contributed by atoms with Crippen LogP contribution in [-0.4, -0.2) is 61.2 Å². The molecule has 28 heavy (non-hydrogen) atoms. The number of hydrogen-bond acceptors (Lipinski definition) is 8. The second-order valence-corrected chi connectivity index (χ2v) is 7.39. The monoisotopic (exact) mass is 392 g/mol. The highest BCUT2D eigenvalue weighted by molar-refractivity contribution is 5.91. The van der Waals surface area contributed by atoms with Crippen LogP contribution in [0.25, 0.3) is 10.9 Å². The molecule has 0 spiro atoms. The molecule has 0 radical (unpaired) electrons. The third kappa shape index (κ3) is 2.74. The summed E-state index contributed by atoms with van der Waals surface area (Å²) in [7, 11) is 0. The number of aromatic nitrogens is 1. The lowest BCUT2D eigenvalue weighted by Crippen LogP contribution is -2.60. The van der Waals surface area contributed by atoms with Crippen LogP contribution in [0.1, 0.15) is 31.4 Å². The van der Waals surface area contributed by atoms with Gasteiger partial charge in [-0.3, -0.25) is 0 Å². The van der Waals surface area contributed by atoms with E-state index in [1.165, 1.54) is 0 Å². The lowest BCUT2D eigenvalue weighted by Gasteiger charge is -2.39. The summed E-state index contributed by atoms with van der Waals surface area (Å²) in [5.41, 5.74) is -1.13. The molecule has 4 unspecified atom stereocenters. The molecule has 2 aromatic rings. The van der Waals surface area contributed by atoms with Crippen LogP contribution in [0.15, 0.2) is 24.3 Å². The van der Waals surface area contributed by atoms with Crippen LogP contribution < -0.4 is 9.72 Å². The van der Waals surface area contributed by atoms with E-state index in [1.54, 1.807) is 24.3 Å². The number of carbonyl (C=O) groups is 1. The van der Waals surface area contributed by atoms with Gasteiger partial charge in [-0.2, -0.15) is 0 Å². The summed E-state index contributed by atoms with van der Waals surface area (Å²) in [6.07, 6.45) is -3.84. The van der Waals surface area contributed by atoms with E-state index in [2.05, 4.69) is 4.98 Å². The van der Waals surface area contributed by atoms with E-state index in [0.29, 0.717) is 23.7 Å². The molecule has 1 saturated carbocycles. The molecule has 1 aromatic heterocycles. The van der Waals surface area contributed by atoms with E-state index in [9.17, 15) is 30.3 Å². The maximum atomic E-state index is 12.7. The van der Waals surface area contributed by atoms with E-state index in [0.717, 1.165) is 0 Å². The predicted molar refractivity (Wildman–Crippen MR) is 94.1 cm³/mol. The first kappa shape index (κ1) is 19.3. The lowest BCUT2D eigenvalue weighted by atomic mass is 9.86. The van der Waals surface area contributed by atoms with Gasteiger partial charge in [-0.25, -0.2) is 4.79 Å². The van der Waals surface area contributed by atoms with Crippen LogP contribution in [0.2, 0.25) is 0 Å². The predicted octanol–water partition coefficient (Wildman–Crippen LogP) is -0.691. The van der Waals surface area contributed by atoms with Crippen molar-refractivity contribution in [2.45, 2.75) is 62.0 Å². The number of hydrogen-bond donors (Lipinski definition) is 5. The number of aliphatic hydroxyl groups is 5. The largest absolute Gasteiger partial charge is 0.656 e. The fourth-order valence-electron chi connectivity index (χ4n) is 4.12. The van der Waals surface area contributed by atoms with Crippen molar-refractivity contribution in [3.05, 3.63) is 30.0 Å². The first-order valence-corrected chi connectivity index (χ1v) is 9.16. The number of aliphatic hydroxyl groups excluding tert-OH is 3. The van der Waals surface area contributed by atoms with Gasteiger partial charge in [-0.15, -0.1) is 5.52 Å². The third-order valence-electron chi connectivity index (χ3n) is 5.69. The number of para-hydroxylation sites is 1. The van der Waals surface area contributed by atoms with Crippen LogP contribution >= 0.6 is 0 Å². The maximum Gasteiger partial charge on any atom is 0.343 e. The molecule has 4 atom stereocenters. The molecule has 4 rings (SSSR count). The van der Waals surface area contributed by atoms with Crippen molar-refractivity contribution in [3.8, 4) is 5.75 Å². The molecular weight excluding hydrogens is 370 g/mol. The Morgan fingerprint density at radius 3 is 2.57 bits per heavy atom. The summed E-state index contributed by atoms with van der Waals surface area (Å²) >= 11 is 0. The summed E-state index contributed by atoms with van der Waals surface area (Å²) < 4.78 is 10.6. The Morgan fingerprint density at radius 1 is 1.21 bits per heavy atom.